The fourth-order valence-electron chi connectivity index (χ4n) is 3.40. The second-order valence-electron chi connectivity index (χ2n) is 7.04. The van der Waals surface area contributed by atoms with Gasteiger partial charge < -0.3 is 4.74 Å². The van der Waals surface area contributed by atoms with E-state index >= 15 is 0 Å². The molecular formula is C23H21ClN2O4S2. The number of carbonyl (C=O) groups is 1. The van der Waals surface area contributed by atoms with Crippen molar-refractivity contribution in [3.05, 3.63) is 83.4 Å². The first kappa shape index (κ1) is 22.5. The van der Waals surface area contributed by atoms with Crippen LogP contribution in [0, 0.1) is 0 Å². The lowest BCUT2D eigenvalue weighted by Gasteiger charge is -2.25. The Bertz CT molecular complexity index is 1220. The zero-order valence-corrected chi connectivity index (χ0v) is 19.6. The number of halogens is 1. The molecule has 3 aromatic carbocycles. The monoisotopic (exact) mass is 488 g/mol. The van der Waals surface area contributed by atoms with Crippen LogP contribution in [-0.2, 0) is 14.8 Å². The Kier molecular flexibility index (Phi) is 6.64. The molecule has 0 bridgehead atoms. The first-order chi connectivity index (χ1) is 15.4. The summed E-state index contributed by atoms with van der Waals surface area (Å²) >= 11 is 7.36. The SMILES string of the molecule is CCOc1ccc(N2C(=O)CS[C@@H]2c2cccc(NS(=O)(=O)c3ccc(Cl)cc3)c2)cc1. The van der Waals surface area contributed by atoms with Crippen LogP contribution in [0.5, 0.6) is 5.75 Å². The second-order valence-corrected chi connectivity index (χ2v) is 10.2. The van der Waals surface area contributed by atoms with Gasteiger partial charge in [-0.3, -0.25) is 14.4 Å². The number of carbonyl (C=O) groups excluding carboxylic acids is 1. The van der Waals surface area contributed by atoms with Crippen LogP contribution in [0.1, 0.15) is 17.9 Å². The summed E-state index contributed by atoms with van der Waals surface area (Å²) in [6.45, 7) is 2.48. The van der Waals surface area contributed by atoms with Gasteiger partial charge in [-0.25, -0.2) is 8.42 Å². The number of nitrogens with zero attached hydrogens (tertiary/aromatic N) is 1. The van der Waals surface area contributed by atoms with Crippen molar-refractivity contribution in [3.8, 4) is 5.75 Å². The summed E-state index contributed by atoms with van der Waals surface area (Å²) in [5.74, 6) is 1.08. The maximum absolute atomic E-state index is 12.7. The lowest BCUT2D eigenvalue weighted by Crippen LogP contribution is -2.27. The van der Waals surface area contributed by atoms with Crippen molar-refractivity contribution in [3.63, 3.8) is 0 Å². The van der Waals surface area contributed by atoms with Crippen LogP contribution >= 0.6 is 23.4 Å². The number of thioether (sulfide) groups is 1. The number of hydrogen-bond donors (Lipinski definition) is 1. The molecule has 1 fully saturated rings. The van der Waals surface area contributed by atoms with Crippen LogP contribution in [0.25, 0.3) is 0 Å². The first-order valence-electron chi connectivity index (χ1n) is 9.92. The molecule has 0 aromatic heterocycles. The third-order valence-electron chi connectivity index (χ3n) is 4.84. The minimum absolute atomic E-state index is 0.00342. The molecule has 1 N–H and O–H groups in total. The summed E-state index contributed by atoms with van der Waals surface area (Å²) in [5.41, 5.74) is 2.01. The van der Waals surface area contributed by atoms with Crippen LogP contribution in [0.2, 0.25) is 5.02 Å². The molecule has 0 radical (unpaired) electrons. The van der Waals surface area contributed by atoms with Gasteiger partial charge in [0.05, 0.1) is 17.3 Å². The maximum atomic E-state index is 12.7. The molecule has 1 aliphatic rings. The predicted molar refractivity (Wildman–Crippen MR) is 129 cm³/mol. The molecule has 32 heavy (non-hydrogen) atoms. The summed E-state index contributed by atoms with van der Waals surface area (Å²) in [4.78, 5) is 14.5. The Hall–Kier alpha value is -2.68. The van der Waals surface area contributed by atoms with Gasteiger partial charge in [0.15, 0.2) is 0 Å². The summed E-state index contributed by atoms with van der Waals surface area (Å²) < 4.78 is 33.6. The van der Waals surface area contributed by atoms with Crippen molar-refractivity contribution in [2.75, 3.05) is 22.0 Å². The van der Waals surface area contributed by atoms with Gasteiger partial charge in [0.2, 0.25) is 5.91 Å². The van der Waals surface area contributed by atoms with E-state index in [1.54, 1.807) is 23.1 Å². The minimum Gasteiger partial charge on any atom is -0.494 e. The number of anilines is 2. The van der Waals surface area contributed by atoms with E-state index in [4.69, 9.17) is 16.3 Å². The van der Waals surface area contributed by atoms with Crippen molar-refractivity contribution in [2.24, 2.45) is 0 Å². The molecule has 0 saturated carbocycles. The highest BCUT2D eigenvalue weighted by atomic mass is 35.5. The number of nitrogens with one attached hydrogen (secondary N) is 1. The first-order valence-corrected chi connectivity index (χ1v) is 12.8. The number of sulfonamides is 1. The summed E-state index contributed by atoms with van der Waals surface area (Å²) in [6, 6.07) is 20.4. The van der Waals surface area contributed by atoms with Crippen LogP contribution in [0.15, 0.2) is 77.7 Å². The van der Waals surface area contributed by atoms with E-state index in [0.29, 0.717) is 23.1 Å². The maximum Gasteiger partial charge on any atom is 0.261 e. The standard InChI is InChI=1S/C23H21ClN2O4S2/c1-2-30-20-10-8-19(9-11-20)26-22(27)15-31-23(26)16-4-3-5-18(14-16)25-32(28,29)21-12-6-17(24)7-13-21/h3-14,23,25H,2,15H2,1H3/t23-/m1/s1. The van der Waals surface area contributed by atoms with Crippen molar-refractivity contribution < 1.29 is 17.9 Å². The highest BCUT2D eigenvalue weighted by molar-refractivity contribution is 8.00. The average Bonchev–Trinajstić information content (AvgIpc) is 3.16. The largest absolute Gasteiger partial charge is 0.494 e. The van der Waals surface area contributed by atoms with Gasteiger partial charge in [-0.2, -0.15) is 0 Å². The summed E-state index contributed by atoms with van der Waals surface area (Å²) in [5, 5.41) is 0.198. The predicted octanol–water partition coefficient (Wildman–Crippen LogP) is 5.32. The molecule has 0 unspecified atom stereocenters. The number of ether oxygens (including phenoxy) is 1. The van der Waals surface area contributed by atoms with E-state index in [2.05, 4.69) is 4.72 Å². The van der Waals surface area contributed by atoms with E-state index in [1.807, 2.05) is 37.3 Å². The Labute approximate surface area is 196 Å². The molecule has 166 valence electrons. The molecule has 4 rings (SSSR count). The van der Waals surface area contributed by atoms with Gasteiger partial charge in [-0.1, -0.05) is 23.7 Å². The lowest BCUT2D eigenvalue weighted by atomic mass is 10.1. The highest BCUT2D eigenvalue weighted by Crippen LogP contribution is 2.42. The van der Waals surface area contributed by atoms with E-state index in [-0.39, 0.29) is 16.2 Å². The number of rotatable bonds is 7. The van der Waals surface area contributed by atoms with E-state index < -0.39 is 10.0 Å². The van der Waals surface area contributed by atoms with Crippen molar-refractivity contribution in [2.45, 2.75) is 17.2 Å². The Morgan fingerprint density at radius 2 is 1.81 bits per heavy atom. The topological polar surface area (TPSA) is 75.7 Å². The second kappa shape index (κ2) is 9.44. The number of benzene rings is 3. The fourth-order valence-corrected chi connectivity index (χ4v) is 5.75. The van der Waals surface area contributed by atoms with E-state index in [0.717, 1.165) is 17.0 Å². The molecule has 1 saturated heterocycles. The van der Waals surface area contributed by atoms with Crippen LogP contribution in [0.4, 0.5) is 11.4 Å². The molecular weight excluding hydrogens is 468 g/mol. The van der Waals surface area contributed by atoms with Crippen LogP contribution in [-0.4, -0.2) is 26.7 Å². The zero-order chi connectivity index (χ0) is 22.7. The fraction of sp³-hybridized carbons (Fsp3) is 0.174. The average molecular weight is 489 g/mol. The van der Waals surface area contributed by atoms with Gasteiger partial charge >= 0.3 is 0 Å². The van der Waals surface area contributed by atoms with E-state index in [9.17, 15) is 13.2 Å². The third kappa shape index (κ3) is 4.87. The van der Waals surface area contributed by atoms with Crippen molar-refractivity contribution >= 4 is 50.7 Å². The molecule has 1 atom stereocenters. The van der Waals surface area contributed by atoms with Gasteiger partial charge in [0.25, 0.3) is 10.0 Å². The van der Waals surface area contributed by atoms with E-state index in [1.165, 1.54) is 36.0 Å². The Morgan fingerprint density at radius 3 is 2.50 bits per heavy atom. The molecule has 1 heterocycles. The molecule has 0 aliphatic carbocycles. The number of amides is 1. The number of hydrogen-bond acceptors (Lipinski definition) is 5. The molecule has 6 nitrogen and oxygen atoms in total. The van der Waals surface area contributed by atoms with Crippen LogP contribution < -0.4 is 14.4 Å². The highest BCUT2D eigenvalue weighted by Gasteiger charge is 2.34. The molecule has 1 amide bonds. The smallest absolute Gasteiger partial charge is 0.261 e. The zero-order valence-electron chi connectivity index (χ0n) is 17.2. The third-order valence-corrected chi connectivity index (χ3v) is 7.70. The van der Waals surface area contributed by atoms with Gasteiger partial charge in [-0.15, -0.1) is 11.8 Å². The van der Waals surface area contributed by atoms with Crippen LogP contribution in [0.3, 0.4) is 0 Å². The van der Waals surface area contributed by atoms with Gasteiger partial charge in [0.1, 0.15) is 11.1 Å². The summed E-state index contributed by atoms with van der Waals surface area (Å²) in [6.07, 6.45) is 0. The molecule has 9 heteroatoms. The minimum atomic E-state index is -3.77. The van der Waals surface area contributed by atoms with Crippen molar-refractivity contribution in [1.82, 2.24) is 0 Å². The van der Waals surface area contributed by atoms with Crippen molar-refractivity contribution in [1.29, 1.82) is 0 Å². The van der Waals surface area contributed by atoms with Gasteiger partial charge in [0, 0.05) is 16.4 Å². The van der Waals surface area contributed by atoms with Gasteiger partial charge in [-0.05, 0) is 73.2 Å². The quantitative estimate of drug-likeness (QED) is 0.487. The Balaban J connectivity index is 1.59. The molecule has 3 aromatic rings. The Morgan fingerprint density at radius 1 is 1.09 bits per heavy atom. The molecule has 1 aliphatic heterocycles. The normalized spacial score (nSPS) is 16.2. The molecule has 0 spiro atoms. The lowest BCUT2D eigenvalue weighted by molar-refractivity contribution is -0.115. The summed E-state index contributed by atoms with van der Waals surface area (Å²) in [7, 11) is -3.77.